The predicted molar refractivity (Wildman–Crippen MR) is 99.9 cm³/mol. The van der Waals surface area contributed by atoms with Gasteiger partial charge in [-0.15, -0.1) is 0 Å². The van der Waals surface area contributed by atoms with Gasteiger partial charge < -0.3 is 14.4 Å². The largest absolute Gasteiger partial charge is 0.497 e. The van der Waals surface area contributed by atoms with Crippen molar-refractivity contribution < 1.29 is 23.9 Å². The molecular formula is C19H25N3O5. The first-order chi connectivity index (χ1) is 13.0. The fraction of sp³-hybridized carbons (Fsp3) is 0.421. The minimum atomic E-state index is -0.493. The second-order valence-corrected chi connectivity index (χ2v) is 6.14. The summed E-state index contributed by atoms with van der Waals surface area (Å²) in [5.74, 6) is 0.248. The van der Waals surface area contributed by atoms with Gasteiger partial charge in [-0.25, -0.2) is 0 Å². The van der Waals surface area contributed by atoms with Gasteiger partial charge in [0.05, 0.1) is 14.2 Å². The highest BCUT2D eigenvalue weighted by molar-refractivity contribution is 5.93. The van der Waals surface area contributed by atoms with Crippen LogP contribution in [0.15, 0.2) is 24.3 Å². The molecule has 0 spiro atoms. The molecule has 0 bridgehead atoms. The maximum absolute atomic E-state index is 11.9. The van der Waals surface area contributed by atoms with Crippen molar-refractivity contribution in [3.8, 4) is 11.5 Å². The highest BCUT2D eigenvalue weighted by Gasteiger charge is 2.19. The monoisotopic (exact) mass is 375 g/mol. The summed E-state index contributed by atoms with van der Waals surface area (Å²) in [5, 5.41) is 0. The smallest absolute Gasteiger partial charge is 0.262 e. The summed E-state index contributed by atoms with van der Waals surface area (Å²) in [7, 11) is 3.08. The fourth-order valence-corrected chi connectivity index (χ4v) is 2.69. The lowest BCUT2D eigenvalue weighted by Crippen LogP contribution is -2.47. The van der Waals surface area contributed by atoms with Gasteiger partial charge in [-0.3, -0.25) is 25.2 Å². The zero-order chi connectivity index (χ0) is 19.6. The second-order valence-electron chi connectivity index (χ2n) is 6.14. The van der Waals surface area contributed by atoms with E-state index in [0.29, 0.717) is 30.0 Å². The number of carbonyl (C=O) groups excluding carboxylic acids is 3. The number of methoxy groups -OCH3 is 2. The Morgan fingerprint density at radius 2 is 1.78 bits per heavy atom. The minimum Gasteiger partial charge on any atom is -0.497 e. The molecule has 0 aliphatic carbocycles. The topological polar surface area (TPSA) is 97.0 Å². The van der Waals surface area contributed by atoms with Crippen molar-refractivity contribution in [2.45, 2.75) is 25.7 Å². The number of amides is 3. The summed E-state index contributed by atoms with van der Waals surface area (Å²) in [4.78, 5) is 37.2. The third kappa shape index (κ3) is 6.65. The Kier molecular flexibility index (Phi) is 7.66. The lowest BCUT2D eigenvalue weighted by molar-refractivity contribution is -0.136. The Labute approximate surface area is 158 Å². The SMILES string of the molecule is COc1cc(/C=C/C(=O)NNC(=O)CN2CCCCCC2=O)cc(OC)c1. The van der Waals surface area contributed by atoms with E-state index in [9.17, 15) is 14.4 Å². The van der Waals surface area contributed by atoms with E-state index in [1.54, 1.807) is 38.5 Å². The number of benzene rings is 1. The molecule has 0 saturated carbocycles. The number of carbonyl (C=O) groups is 3. The molecule has 1 aromatic carbocycles. The molecule has 8 nitrogen and oxygen atoms in total. The summed E-state index contributed by atoms with van der Waals surface area (Å²) < 4.78 is 10.3. The summed E-state index contributed by atoms with van der Waals surface area (Å²) in [6.45, 7) is 0.508. The first-order valence-corrected chi connectivity index (χ1v) is 8.79. The van der Waals surface area contributed by atoms with E-state index in [1.807, 2.05) is 0 Å². The molecule has 2 rings (SSSR count). The zero-order valence-corrected chi connectivity index (χ0v) is 15.6. The number of nitrogens with zero attached hydrogens (tertiary/aromatic N) is 1. The number of rotatable bonds is 6. The van der Waals surface area contributed by atoms with Gasteiger partial charge in [0.1, 0.15) is 18.0 Å². The van der Waals surface area contributed by atoms with Gasteiger partial charge in [-0.05, 0) is 36.6 Å². The number of nitrogens with one attached hydrogen (secondary N) is 2. The van der Waals surface area contributed by atoms with Gasteiger partial charge in [-0.2, -0.15) is 0 Å². The van der Waals surface area contributed by atoms with Crippen molar-refractivity contribution in [3.05, 3.63) is 29.8 Å². The Balaban J connectivity index is 1.84. The van der Waals surface area contributed by atoms with Crippen molar-refractivity contribution in [2.24, 2.45) is 0 Å². The average Bonchev–Trinajstić information content (AvgIpc) is 2.88. The van der Waals surface area contributed by atoms with E-state index < -0.39 is 11.8 Å². The van der Waals surface area contributed by atoms with Crippen molar-refractivity contribution in [1.29, 1.82) is 0 Å². The molecule has 2 N–H and O–H groups in total. The number of hydrogen-bond donors (Lipinski definition) is 2. The first kappa shape index (κ1) is 20.3. The van der Waals surface area contributed by atoms with Gasteiger partial charge in [0.25, 0.3) is 11.8 Å². The Morgan fingerprint density at radius 1 is 1.07 bits per heavy atom. The van der Waals surface area contributed by atoms with Gasteiger partial charge in [-0.1, -0.05) is 6.42 Å². The van der Waals surface area contributed by atoms with E-state index >= 15 is 0 Å². The molecule has 0 unspecified atom stereocenters. The fourth-order valence-electron chi connectivity index (χ4n) is 2.69. The molecular weight excluding hydrogens is 350 g/mol. The molecule has 1 fully saturated rings. The van der Waals surface area contributed by atoms with Crippen LogP contribution in [0.1, 0.15) is 31.2 Å². The number of likely N-dealkylation sites (tertiary alicyclic amines) is 1. The van der Waals surface area contributed by atoms with Crippen LogP contribution < -0.4 is 20.3 Å². The molecule has 3 amide bonds. The molecule has 1 heterocycles. The maximum Gasteiger partial charge on any atom is 0.262 e. The Hall–Kier alpha value is -3.03. The zero-order valence-electron chi connectivity index (χ0n) is 15.6. The average molecular weight is 375 g/mol. The number of ether oxygens (including phenoxy) is 2. The summed E-state index contributed by atoms with van der Waals surface area (Å²) in [6.07, 6.45) is 6.05. The number of hydrogen-bond acceptors (Lipinski definition) is 5. The molecule has 0 atom stereocenters. The minimum absolute atomic E-state index is 0.0270. The van der Waals surface area contributed by atoms with Crippen LogP contribution in [0.25, 0.3) is 6.08 Å². The summed E-state index contributed by atoms with van der Waals surface area (Å²) in [5.41, 5.74) is 5.33. The maximum atomic E-state index is 11.9. The molecule has 1 aromatic rings. The van der Waals surface area contributed by atoms with Gasteiger partial charge >= 0.3 is 0 Å². The molecule has 8 heteroatoms. The lowest BCUT2D eigenvalue weighted by atomic mass is 10.2. The van der Waals surface area contributed by atoms with Crippen LogP contribution in [0, 0.1) is 0 Å². The molecule has 1 aliphatic rings. The Bertz CT molecular complexity index is 695. The normalized spacial score (nSPS) is 14.6. The molecule has 0 radical (unpaired) electrons. The second kappa shape index (κ2) is 10.2. The van der Waals surface area contributed by atoms with Crippen molar-refractivity contribution in [2.75, 3.05) is 27.3 Å². The van der Waals surface area contributed by atoms with E-state index in [-0.39, 0.29) is 12.5 Å². The van der Waals surface area contributed by atoms with Crippen LogP contribution in [-0.4, -0.2) is 49.9 Å². The van der Waals surface area contributed by atoms with Crippen LogP contribution in [0.2, 0.25) is 0 Å². The molecule has 0 aromatic heterocycles. The summed E-state index contributed by atoms with van der Waals surface area (Å²) in [6, 6.07) is 5.22. The van der Waals surface area contributed by atoms with Crippen LogP contribution in [-0.2, 0) is 14.4 Å². The van der Waals surface area contributed by atoms with E-state index in [0.717, 1.165) is 19.3 Å². The third-order valence-corrected chi connectivity index (χ3v) is 4.13. The molecule has 146 valence electrons. The van der Waals surface area contributed by atoms with E-state index in [2.05, 4.69) is 10.9 Å². The van der Waals surface area contributed by atoms with Crippen molar-refractivity contribution in [1.82, 2.24) is 15.8 Å². The summed E-state index contributed by atoms with van der Waals surface area (Å²) >= 11 is 0. The molecule has 1 aliphatic heterocycles. The third-order valence-electron chi connectivity index (χ3n) is 4.13. The van der Waals surface area contributed by atoms with Crippen molar-refractivity contribution >= 4 is 23.8 Å². The highest BCUT2D eigenvalue weighted by atomic mass is 16.5. The standard InChI is InChI=1S/C19H25N3O5/c1-26-15-10-14(11-16(12-15)27-2)7-8-17(23)20-21-18(24)13-22-9-5-3-4-6-19(22)25/h7-8,10-12H,3-6,9,13H2,1-2H3,(H,20,23)(H,21,24)/b8-7+. The van der Waals surface area contributed by atoms with Crippen LogP contribution in [0.4, 0.5) is 0 Å². The Morgan fingerprint density at radius 3 is 2.44 bits per heavy atom. The van der Waals surface area contributed by atoms with E-state index in [4.69, 9.17) is 9.47 Å². The van der Waals surface area contributed by atoms with Gasteiger partial charge in [0, 0.05) is 25.1 Å². The van der Waals surface area contributed by atoms with Crippen LogP contribution in [0.3, 0.4) is 0 Å². The highest BCUT2D eigenvalue weighted by Crippen LogP contribution is 2.23. The van der Waals surface area contributed by atoms with Gasteiger partial charge in [0.2, 0.25) is 5.91 Å². The lowest BCUT2D eigenvalue weighted by Gasteiger charge is -2.19. The molecule has 27 heavy (non-hydrogen) atoms. The molecule has 1 saturated heterocycles. The quantitative estimate of drug-likeness (QED) is 0.576. The first-order valence-electron chi connectivity index (χ1n) is 8.79. The predicted octanol–water partition coefficient (Wildman–Crippen LogP) is 1.27. The van der Waals surface area contributed by atoms with Crippen LogP contribution in [0.5, 0.6) is 11.5 Å². The number of hydrazine groups is 1. The van der Waals surface area contributed by atoms with Gasteiger partial charge in [0.15, 0.2) is 0 Å². The van der Waals surface area contributed by atoms with Crippen molar-refractivity contribution in [3.63, 3.8) is 0 Å². The van der Waals surface area contributed by atoms with E-state index in [1.165, 1.54) is 11.0 Å². The van der Waals surface area contributed by atoms with Crippen LogP contribution >= 0.6 is 0 Å².